The molecule has 0 atom stereocenters. The van der Waals surface area contributed by atoms with E-state index in [1.165, 1.54) is 5.39 Å². The lowest BCUT2D eigenvalue weighted by atomic mass is 10.0. The van der Waals surface area contributed by atoms with E-state index in [0.29, 0.717) is 28.9 Å². The Morgan fingerprint density at radius 1 is 0.354 bits per heavy atom. The van der Waals surface area contributed by atoms with Crippen molar-refractivity contribution >= 4 is 54.6 Å². The van der Waals surface area contributed by atoms with Crippen molar-refractivity contribution in [3.63, 3.8) is 0 Å². The molecule has 0 N–H and O–H groups in total. The van der Waals surface area contributed by atoms with Crippen LogP contribution < -0.4 is 0 Å². The molecule has 0 saturated heterocycles. The average Bonchev–Trinajstić information content (AvgIpc) is 3.77. The van der Waals surface area contributed by atoms with Crippen LogP contribution in [0, 0.1) is 0 Å². The first-order chi connectivity index (χ1) is 23.7. The summed E-state index contributed by atoms with van der Waals surface area (Å²) in [6.45, 7) is 0. The highest BCUT2D eigenvalue weighted by Gasteiger charge is 2.19. The van der Waals surface area contributed by atoms with Gasteiger partial charge in [0.2, 0.25) is 5.89 Å². The molecule has 0 aliphatic carbocycles. The molecule has 10 rings (SSSR count). The van der Waals surface area contributed by atoms with Gasteiger partial charge in [-0.3, -0.25) is 0 Å². The summed E-state index contributed by atoms with van der Waals surface area (Å²) in [5, 5.41) is 6.30. The van der Waals surface area contributed by atoms with Crippen molar-refractivity contribution in [1.82, 2.24) is 19.9 Å². The number of nitrogens with zero attached hydrogens (tertiary/aromatic N) is 4. The van der Waals surface area contributed by atoms with Gasteiger partial charge in [0.1, 0.15) is 16.7 Å². The van der Waals surface area contributed by atoms with Crippen molar-refractivity contribution in [3.05, 3.63) is 146 Å². The topological polar surface area (TPSA) is 77.8 Å². The summed E-state index contributed by atoms with van der Waals surface area (Å²) in [6.07, 6.45) is 0. The number of aromatic nitrogens is 4. The van der Waals surface area contributed by atoms with Crippen LogP contribution in [0.5, 0.6) is 0 Å². The Hall–Kier alpha value is -6.66. The molecule has 0 aliphatic heterocycles. The molecule has 0 fully saturated rings. The smallest absolute Gasteiger partial charge is 0.227 e. The van der Waals surface area contributed by atoms with Crippen molar-refractivity contribution in [3.8, 4) is 45.6 Å². The predicted molar refractivity (Wildman–Crippen MR) is 191 cm³/mol. The first kappa shape index (κ1) is 26.5. The molecular weight excluding hydrogens is 592 g/mol. The van der Waals surface area contributed by atoms with Crippen molar-refractivity contribution in [1.29, 1.82) is 0 Å². The number of rotatable bonds is 4. The molecule has 10 aromatic rings. The van der Waals surface area contributed by atoms with E-state index in [1.54, 1.807) is 0 Å². The van der Waals surface area contributed by atoms with Crippen LogP contribution in [0.25, 0.3) is 100 Å². The summed E-state index contributed by atoms with van der Waals surface area (Å²) >= 11 is 0. The van der Waals surface area contributed by atoms with Gasteiger partial charge in [-0.2, -0.15) is 0 Å². The second-order valence-electron chi connectivity index (χ2n) is 11.9. The lowest BCUT2D eigenvalue weighted by Gasteiger charge is -2.10. The van der Waals surface area contributed by atoms with Crippen LogP contribution in [-0.2, 0) is 0 Å². The van der Waals surface area contributed by atoms with Crippen LogP contribution in [0.4, 0.5) is 0 Å². The Bertz CT molecular complexity index is 2840. The van der Waals surface area contributed by atoms with Gasteiger partial charge in [-0.1, -0.05) is 103 Å². The Balaban J connectivity index is 1.20. The van der Waals surface area contributed by atoms with Gasteiger partial charge < -0.3 is 8.83 Å². The second kappa shape index (κ2) is 10.4. The highest BCUT2D eigenvalue weighted by Crippen LogP contribution is 2.40. The maximum absolute atomic E-state index is 6.40. The molecule has 48 heavy (non-hydrogen) atoms. The summed E-state index contributed by atoms with van der Waals surface area (Å²) in [6, 6.07) is 49.0. The van der Waals surface area contributed by atoms with Crippen LogP contribution >= 0.6 is 0 Å². The third kappa shape index (κ3) is 4.27. The average molecular weight is 617 g/mol. The van der Waals surface area contributed by atoms with E-state index in [-0.39, 0.29) is 0 Å². The van der Waals surface area contributed by atoms with Gasteiger partial charge in [0.25, 0.3) is 0 Å². The molecule has 224 valence electrons. The quantitative estimate of drug-likeness (QED) is 0.196. The van der Waals surface area contributed by atoms with Gasteiger partial charge in [0, 0.05) is 27.6 Å². The maximum atomic E-state index is 6.40. The Morgan fingerprint density at radius 3 is 1.69 bits per heavy atom. The van der Waals surface area contributed by atoms with Crippen LogP contribution in [0.1, 0.15) is 0 Å². The standard InChI is InChI=1S/C42H24N4O2/c1-3-10-27(11-4-1)39-44-40(30-17-15-25-9-7-8-14-29(25)23-30)46-41(45-39)31-18-16-26-19-20-33-36(32(26)24-31)37-34(47-33)21-22-35-38(37)43-42(48-35)28-12-5-2-6-13-28/h1-24H. The molecule has 0 amide bonds. The number of fused-ring (bicyclic) bond motifs is 8. The summed E-state index contributed by atoms with van der Waals surface area (Å²) in [5.74, 6) is 2.41. The number of furan rings is 1. The molecule has 3 heterocycles. The highest BCUT2D eigenvalue weighted by atomic mass is 16.4. The molecule has 0 spiro atoms. The van der Waals surface area contributed by atoms with Crippen molar-refractivity contribution in [2.45, 2.75) is 0 Å². The molecule has 0 unspecified atom stereocenters. The Morgan fingerprint density at radius 2 is 0.917 bits per heavy atom. The van der Waals surface area contributed by atoms with E-state index >= 15 is 0 Å². The summed E-state index contributed by atoms with van der Waals surface area (Å²) < 4.78 is 12.6. The first-order valence-corrected chi connectivity index (χ1v) is 15.8. The monoisotopic (exact) mass is 616 g/mol. The molecule has 0 saturated carbocycles. The molecule has 6 heteroatoms. The predicted octanol–water partition coefficient (Wildman–Crippen LogP) is 10.9. The fourth-order valence-electron chi connectivity index (χ4n) is 6.59. The lowest BCUT2D eigenvalue weighted by molar-refractivity contribution is 0.619. The van der Waals surface area contributed by atoms with Gasteiger partial charge >= 0.3 is 0 Å². The minimum atomic E-state index is 0.577. The van der Waals surface area contributed by atoms with Gasteiger partial charge in [-0.25, -0.2) is 19.9 Å². The van der Waals surface area contributed by atoms with Crippen LogP contribution in [0.3, 0.4) is 0 Å². The van der Waals surface area contributed by atoms with E-state index in [0.717, 1.165) is 65.9 Å². The SMILES string of the molecule is c1ccc(-c2nc(-c3ccc4ccccc4c3)nc(-c3ccc4ccc5oc6ccc7oc(-c8ccccc8)nc7c6c5c4c3)n2)cc1. The molecule has 0 aliphatic rings. The van der Waals surface area contributed by atoms with E-state index in [2.05, 4.69) is 54.6 Å². The minimum Gasteiger partial charge on any atom is -0.456 e. The zero-order valence-electron chi connectivity index (χ0n) is 25.5. The first-order valence-electron chi connectivity index (χ1n) is 15.8. The summed E-state index contributed by atoms with van der Waals surface area (Å²) in [4.78, 5) is 20.0. The van der Waals surface area contributed by atoms with E-state index in [4.69, 9.17) is 28.8 Å². The van der Waals surface area contributed by atoms with Gasteiger partial charge in [0.05, 0.1) is 5.39 Å². The van der Waals surface area contributed by atoms with E-state index in [9.17, 15) is 0 Å². The lowest BCUT2D eigenvalue weighted by Crippen LogP contribution is -2.00. The molecule has 0 radical (unpaired) electrons. The number of benzene rings is 7. The van der Waals surface area contributed by atoms with Crippen molar-refractivity contribution < 1.29 is 8.83 Å². The van der Waals surface area contributed by atoms with Crippen LogP contribution in [-0.4, -0.2) is 19.9 Å². The van der Waals surface area contributed by atoms with Crippen molar-refractivity contribution in [2.24, 2.45) is 0 Å². The van der Waals surface area contributed by atoms with Crippen LogP contribution in [0.15, 0.2) is 154 Å². The fraction of sp³-hybridized carbons (Fsp3) is 0. The molecule has 6 nitrogen and oxygen atoms in total. The third-order valence-corrected chi connectivity index (χ3v) is 8.93. The van der Waals surface area contributed by atoms with Crippen LogP contribution in [0.2, 0.25) is 0 Å². The molecule has 3 aromatic heterocycles. The number of hydrogen-bond acceptors (Lipinski definition) is 6. The number of hydrogen-bond donors (Lipinski definition) is 0. The van der Waals surface area contributed by atoms with Gasteiger partial charge in [-0.05, 0) is 64.0 Å². The maximum Gasteiger partial charge on any atom is 0.227 e. The second-order valence-corrected chi connectivity index (χ2v) is 11.9. The van der Waals surface area contributed by atoms with E-state index in [1.807, 2.05) is 91.0 Å². The third-order valence-electron chi connectivity index (χ3n) is 8.93. The molecule has 7 aromatic carbocycles. The molecular formula is C42H24N4O2. The normalized spacial score (nSPS) is 11.8. The van der Waals surface area contributed by atoms with E-state index < -0.39 is 0 Å². The zero-order chi connectivity index (χ0) is 31.6. The minimum absolute atomic E-state index is 0.577. The van der Waals surface area contributed by atoms with Crippen molar-refractivity contribution in [2.75, 3.05) is 0 Å². The Kier molecular flexibility index (Phi) is 5.77. The summed E-state index contributed by atoms with van der Waals surface area (Å²) in [7, 11) is 0. The van der Waals surface area contributed by atoms with Gasteiger partial charge in [0.15, 0.2) is 23.1 Å². The molecule has 0 bridgehead atoms. The fourth-order valence-corrected chi connectivity index (χ4v) is 6.59. The zero-order valence-corrected chi connectivity index (χ0v) is 25.5. The largest absolute Gasteiger partial charge is 0.456 e. The highest BCUT2D eigenvalue weighted by molar-refractivity contribution is 6.25. The Labute approximate surface area is 274 Å². The van der Waals surface area contributed by atoms with Gasteiger partial charge in [-0.15, -0.1) is 0 Å². The number of oxazole rings is 1. The summed E-state index contributed by atoms with van der Waals surface area (Å²) in [5.41, 5.74) is 6.68.